The minimum absolute atomic E-state index is 0.161. The van der Waals surface area contributed by atoms with Crippen LogP contribution >= 0.6 is 23.2 Å². The fraction of sp³-hybridized carbons (Fsp3) is 0.0769. The average molecular weight is 307 g/mol. The Bertz CT molecular complexity index is 602. The summed E-state index contributed by atoms with van der Waals surface area (Å²) < 4.78 is 42.0. The number of hydrogen-bond acceptors (Lipinski definition) is 1. The Kier molecular flexibility index (Phi) is 4.22. The molecule has 2 aromatic rings. The van der Waals surface area contributed by atoms with E-state index in [0.717, 1.165) is 6.07 Å². The second kappa shape index (κ2) is 5.72. The first-order valence-electron chi connectivity index (χ1n) is 5.18. The van der Waals surface area contributed by atoms with Gasteiger partial charge in [0.15, 0.2) is 0 Å². The van der Waals surface area contributed by atoms with Gasteiger partial charge in [-0.1, -0.05) is 35.3 Å². The molecule has 0 spiro atoms. The summed E-state index contributed by atoms with van der Waals surface area (Å²) >= 11 is 11.8. The quantitative estimate of drug-likeness (QED) is 0.737. The molecule has 0 aliphatic heterocycles. The molecule has 2 aromatic carbocycles. The van der Waals surface area contributed by atoms with E-state index in [2.05, 4.69) is 4.74 Å². The van der Waals surface area contributed by atoms with Crippen molar-refractivity contribution >= 4 is 23.2 Å². The molecule has 100 valence electrons. The lowest BCUT2D eigenvalue weighted by atomic mass is 10.0. The zero-order valence-corrected chi connectivity index (χ0v) is 10.9. The second-order valence-electron chi connectivity index (χ2n) is 3.62. The SMILES string of the molecule is Fc1cc(OC(F)F)ccc1-c1cccc(Cl)c1Cl. The monoisotopic (exact) mass is 306 g/mol. The van der Waals surface area contributed by atoms with Crippen molar-refractivity contribution in [3.05, 3.63) is 52.3 Å². The summed E-state index contributed by atoms with van der Waals surface area (Å²) in [6, 6.07) is 8.19. The van der Waals surface area contributed by atoms with Gasteiger partial charge >= 0.3 is 6.61 Å². The highest BCUT2D eigenvalue weighted by atomic mass is 35.5. The van der Waals surface area contributed by atoms with E-state index in [0.29, 0.717) is 5.56 Å². The molecule has 0 saturated heterocycles. The van der Waals surface area contributed by atoms with Gasteiger partial charge in [-0.2, -0.15) is 8.78 Å². The molecule has 0 aliphatic carbocycles. The molecule has 0 radical (unpaired) electrons. The van der Waals surface area contributed by atoms with Crippen molar-refractivity contribution in [1.29, 1.82) is 0 Å². The van der Waals surface area contributed by atoms with E-state index in [4.69, 9.17) is 23.2 Å². The Morgan fingerprint density at radius 2 is 1.74 bits per heavy atom. The van der Waals surface area contributed by atoms with Crippen LogP contribution in [0.2, 0.25) is 10.0 Å². The standard InChI is InChI=1S/C13H7Cl2F3O/c14-10-3-1-2-9(12(10)15)8-5-4-7(6-11(8)16)19-13(17)18/h1-6,13H. The third kappa shape index (κ3) is 3.14. The van der Waals surface area contributed by atoms with Gasteiger partial charge in [-0.25, -0.2) is 4.39 Å². The lowest BCUT2D eigenvalue weighted by Gasteiger charge is -2.09. The predicted octanol–water partition coefficient (Wildman–Crippen LogP) is 5.40. The molecule has 6 heteroatoms. The van der Waals surface area contributed by atoms with E-state index in [1.807, 2.05) is 0 Å². The maximum atomic E-state index is 13.9. The van der Waals surface area contributed by atoms with Crippen LogP contribution < -0.4 is 4.74 Å². The molecule has 0 aromatic heterocycles. The van der Waals surface area contributed by atoms with Crippen LogP contribution in [-0.2, 0) is 0 Å². The van der Waals surface area contributed by atoms with Gasteiger partial charge in [0.25, 0.3) is 0 Å². The van der Waals surface area contributed by atoms with E-state index in [1.165, 1.54) is 12.1 Å². The van der Waals surface area contributed by atoms with E-state index in [9.17, 15) is 13.2 Å². The first-order valence-corrected chi connectivity index (χ1v) is 5.93. The Morgan fingerprint density at radius 1 is 1.00 bits per heavy atom. The summed E-state index contributed by atoms with van der Waals surface area (Å²) in [7, 11) is 0. The maximum absolute atomic E-state index is 13.9. The molecule has 0 N–H and O–H groups in total. The van der Waals surface area contributed by atoms with Crippen LogP contribution in [0, 0.1) is 5.82 Å². The zero-order valence-electron chi connectivity index (χ0n) is 9.34. The van der Waals surface area contributed by atoms with Gasteiger partial charge in [0.05, 0.1) is 10.0 Å². The molecule has 0 amide bonds. The summed E-state index contributed by atoms with van der Waals surface area (Å²) in [5.74, 6) is -0.975. The third-order valence-corrected chi connectivity index (χ3v) is 3.23. The molecule has 0 saturated carbocycles. The van der Waals surface area contributed by atoms with Crippen molar-refractivity contribution in [2.24, 2.45) is 0 Å². The van der Waals surface area contributed by atoms with Crippen molar-refractivity contribution in [3.63, 3.8) is 0 Å². The van der Waals surface area contributed by atoms with Gasteiger partial charge in [-0.15, -0.1) is 0 Å². The molecule has 2 rings (SSSR count). The van der Waals surface area contributed by atoms with Crippen LogP contribution in [0.15, 0.2) is 36.4 Å². The van der Waals surface area contributed by atoms with Crippen LogP contribution in [0.4, 0.5) is 13.2 Å². The summed E-state index contributed by atoms with van der Waals surface area (Å²) in [6.07, 6.45) is 0. The fourth-order valence-electron chi connectivity index (χ4n) is 1.60. The van der Waals surface area contributed by atoms with Crippen LogP contribution in [-0.4, -0.2) is 6.61 Å². The molecule has 0 bridgehead atoms. The van der Waals surface area contributed by atoms with Gasteiger partial charge in [0.2, 0.25) is 0 Å². The number of alkyl halides is 2. The highest BCUT2D eigenvalue weighted by Gasteiger charge is 2.13. The van der Waals surface area contributed by atoms with Gasteiger partial charge in [0.1, 0.15) is 11.6 Å². The smallest absolute Gasteiger partial charge is 0.387 e. The molecule has 0 unspecified atom stereocenters. The van der Waals surface area contributed by atoms with Crippen molar-refractivity contribution in [1.82, 2.24) is 0 Å². The predicted molar refractivity (Wildman–Crippen MR) is 68.5 cm³/mol. The number of rotatable bonds is 3. The number of benzene rings is 2. The number of hydrogen-bond donors (Lipinski definition) is 0. The molecule has 0 aliphatic rings. The zero-order chi connectivity index (χ0) is 14.0. The number of halogens is 5. The molecule has 1 nitrogen and oxygen atoms in total. The van der Waals surface area contributed by atoms with Crippen molar-refractivity contribution in [3.8, 4) is 16.9 Å². The normalized spacial score (nSPS) is 10.8. The van der Waals surface area contributed by atoms with Crippen LogP contribution in [0.5, 0.6) is 5.75 Å². The Balaban J connectivity index is 2.43. The lowest BCUT2D eigenvalue weighted by Crippen LogP contribution is -2.02. The van der Waals surface area contributed by atoms with Crippen LogP contribution in [0.1, 0.15) is 0 Å². The first kappa shape index (κ1) is 14.0. The maximum Gasteiger partial charge on any atom is 0.387 e. The topological polar surface area (TPSA) is 9.23 Å². The Labute approximate surface area is 117 Å². The summed E-state index contributed by atoms with van der Waals surface area (Å²) in [6.45, 7) is -3.00. The summed E-state index contributed by atoms with van der Waals surface area (Å²) in [5.41, 5.74) is 0.546. The van der Waals surface area contributed by atoms with Gasteiger partial charge in [0, 0.05) is 17.2 Å². The first-order chi connectivity index (χ1) is 8.99. The van der Waals surface area contributed by atoms with Gasteiger partial charge < -0.3 is 4.74 Å². The molecule has 0 atom stereocenters. The Hall–Kier alpha value is -1.39. The Morgan fingerprint density at radius 3 is 2.37 bits per heavy atom. The minimum atomic E-state index is -3.00. The summed E-state index contributed by atoms with van der Waals surface area (Å²) in [5, 5.41) is 0.483. The molecular formula is C13H7Cl2F3O. The highest BCUT2D eigenvalue weighted by Crippen LogP contribution is 2.35. The van der Waals surface area contributed by atoms with Crippen molar-refractivity contribution < 1.29 is 17.9 Å². The largest absolute Gasteiger partial charge is 0.435 e. The summed E-state index contributed by atoms with van der Waals surface area (Å²) in [4.78, 5) is 0. The van der Waals surface area contributed by atoms with E-state index in [-0.39, 0.29) is 21.4 Å². The van der Waals surface area contributed by atoms with Gasteiger partial charge in [-0.3, -0.25) is 0 Å². The number of ether oxygens (including phenoxy) is 1. The molecule has 0 fully saturated rings. The van der Waals surface area contributed by atoms with Crippen molar-refractivity contribution in [2.75, 3.05) is 0 Å². The second-order valence-corrected chi connectivity index (χ2v) is 4.41. The van der Waals surface area contributed by atoms with Crippen molar-refractivity contribution in [2.45, 2.75) is 6.61 Å². The minimum Gasteiger partial charge on any atom is -0.435 e. The highest BCUT2D eigenvalue weighted by molar-refractivity contribution is 6.43. The average Bonchev–Trinajstić information content (AvgIpc) is 2.33. The van der Waals surface area contributed by atoms with E-state index >= 15 is 0 Å². The van der Waals surface area contributed by atoms with Crippen LogP contribution in [0.25, 0.3) is 11.1 Å². The molecule has 19 heavy (non-hydrogen) atoms. The molecule has 0 heterocycles. The third-order valence-electron chi connectivity index (χ3n) is 2.41. The molecular weight excluding hydrogens is 300 g/mol. The lowest BCUT2D eigenvalue weighted by molar-refractivity contribution is -0.0499. The van der Waals surface area contributed by atoms with E-state index < -0.39 is 12.4 Å². The fourth-order valence-corrected chi connectivity index (χ4v) is 2.00. The van der Waals surface area contributed by atoms with E-state index in [1.54, 1.807) is 18.2 Å². The van der Waals surface area contributed by atoms with Gasteiger partial charge in [-0.05, 0) is 18.2 Å². The van der Waals surface area contributed by atoms with Crippen LogP contribution in [0.3, 0.4) is 0 Å².